The summed E-state index contributed by atoms with van der Waals surface area (Å²) >= 11 is 0. The van der Waals surface area contributed by atoms with Gasteiger partial charge < -0.3 is 45.3 Å². The van der Waals surface area contributed by atoms with Crippen LogP contribution in [0.4, 0.5) is 0 Å². The lowest BCUT2D eigenvalue weighted by molar-refractivity contribution is -0.870. The number of aliphatic hydroxyl groups is 1. The van der Waals surface area contributed by atoms with Crippen LogP contribution in [0.5, 0.6) is 0 Å². The van der Waals surface area contributed by atoms with Crippen molar-refractivity contribution in [2.24, 2.45) is 0 Å². The van der Waals surface area contributed by atoms with Gasteiger partial charge in [0.05, 0.1) is 42.6 Å². The lowest BCUT2D eigenvalue weighted by Gasteiger charge is -2.27. The maximum atomic E-state index is 12.3. The predicted octanol–water partition coefficient (Wildman–Crippen LogP) is -1.68. The van der Waals surface area contributed by atoms with Gasteiger partial charge in [-0.1, -0.05) is 0 Å². The molecule has 0 bridgehead atoms. The molecule has 2 N–H and O–H groups in total. The van der Waals surface area contributed by atoms with Crippen LogP contribution in [0, 0.1) is 0 Å². The molecule has 11 heteroatoms. The Balaban J connectivity index is 0. The van der Waals surface area contributed by atoms with E-state index in [0.717, 1.165) is 23.5 Å². The SMILES string of the molecule is CO[Si](CCC[15N+](C)(C)C)(OC)OC.[2H]OC([2H])(CC([2H])([2H])C([2H])(OC(=O)C1CC([2H])C(=O)N1[2H])C([2H])([2H])[2H])C([2H])([2H])[2H].[Cl-]. The van der Waals surface area contributed by atoms with Crippen LogP contribution in [0.1, 0.15) is 60.8 Å². The molecule has 1 saturated heterocycles. The fourth-order valence-electron chi connectivity index (χ4n) is 2.31. The number of carbonyl (C=O) groups excluding carboxylic acids is 2. The average Bonchev–Trinajstić information content (AvgIpc) is 3.12. The van der Waals surface area contributed by atoms with Crippen molar-refractivity contribution in [2.45, 2.75) is 70.0 Å². The molecule has 186 valence electrons. The highest BCUT2D eigenvalue weighted by Gasteiger charge is 2.37. The number of quaternary nitrogens is 1. The smallest absolute Gasteiger partial charge is 0.500 e. The van der Waals surface area contributed by atoms with Crippen molar-refractivity contribution in [1.29, 1.82) is 1.43 Å². The number of ether oxygens (including phenoxy) is 1. The van der Waals surface area contributed by atoms with E-state index >= 15 is 0 Å². The van der Waals surface area contributed by atoms with Crippen LogP contribution < -0.4 is 17.7 Å². The number of esters is 1. The Morgan fingerprint density at radius 2 is 2.06 bits per heavy atom. The summed E-state index contributed by atoms with van der Waals surface area (Å²) in [7, 11) is 9.18. The molecule has 1 heterocycles. The zero-order valence-electron chi connectivity index (χ0n) is 31.8. The third-order valence-corrected chi connectivity index (χ3v) is 6.76. The van der Waals surface area contributed by atoms with Crippen LogP contribution in [-0.4, -0.2) is 98.9 Å². The number of amides is 1. The van der Waals surface area contributed by atoms with E-state index in [4.69, 9.17) is 31.2 Å². The molecule has 9 nitrogen and oxygen atoms in total. The molecule has 0 aliphatic carbocycles. The van der Waals surface area contributed by atoms with Crippen LogP contribution >= 0.6 is 0 Å². The van der Waals surface area contributed by atoms with Gasteiger partial charge in [-0.05, 0) is 32.9 Å². The minimum atomic E-state index is -3.78. The largest absolute Gasteiger partial charge is 1.00 e. The molecule has 1 aliphatic rings. The standard InChI is InChI=1S/C11H19NO4.C9H24NO3Si.ClH/c1-7(13)3-4-8(2)16-11(15)9-5-6-10(14)12-9;1-10(2,3)8-7-9-14(11-4,12-5)13-6;/h7-9,13H,3-6H2,1-2H3,(H,12,14);7-9H2,1-6H3;1H/q;+1;/p-1/i1D3,2D3,4D2,6D,7D,8D,13D;10+1;/hD. The summed E-state index contributed by atoms with van der Waals surface area (Å²) in [6, 6.07) is -0.893. The van der Waals surface area contributed by atoms with Crippen LogP contribution in [0.2, 0.25) is 7.46 Å². The second-order valence-electron chi connectivity index (χ2n) is 7.36. The van der Waals surface area contributed by atoms with Crippen LogP contribution in [0.3, 0.4) is 0 Å². The zero-order valence-corrected chi connectivity index (χ0v) is 20.6. The maximum Gasteiger partial charge on any atom is 0.500 e. The van der Waals surface area contributed by atoms with Gasteiger partial charge in [-0.3, -0.25) is 4.79 Å². The van der Waals surface area contributed by atoms with Gasteiger partial charge >= 0.3 is 14.8 Å². The first-order chi connectivity index (χ1) is 19.1. The number of rotatable bonds is 13. The Bertz CT molecular complexity index is 933. The highest BCUT2D eigenvalue weighted by Crippen LogP contribution is 2.15. The van der Waals surface area contributed by atoms with Gasteiger partial charge in [0.2, 0.25) is 7.34 Å². The Morgan fingerprint density at radius 1 is 1.42 bits per heavy atom. The van der Waals surface area contributed by atoms with Gasteiger partial charge in [-0.15, -0.1) is 0 Å². The minimum Gasteiger partial charge on any atom is -1.00 e. The molecule has 0 spiro atoms. The number of hydrogen-bond donors (Lipinski definition) is 2. The molecule has 0 aromatic carbocycles. The van der Waals surface area contributed by atoms with Gasteiger partial charge in [0.25, 0.3) is 0 Å². The molecular formula is C20H43ClN2O7Si. The Labute approximate surface area is 213 Å². The first kappa shape index (κ1) is 15.2. The highest BCUT2D eigenvalue weighted by molar-refractivity contribution is 6.60. The topological polar surface area (TPSA) is 103 Å². The first-order valence-corrected chi connectivity index (χ1v) is 11.1. The van der Waals surface area contributed by atoms with E-state index in [1.54, 1.807) is 21.3 Å². The average molecular weight is 501 g/mol. The van der Waals surface area contributed by atoms with E-state index in [2.05, 4.69) is 31.0 Å². The molecule has 1 aliphatic heterocycles. The lowest BCUT2D eigenvalue weighted by Crippen LogP contribution is -3.00. The Kier molecular flexibility index (Phi) is 7.83. The van der Waals surface area contributed by atoms with Crippen molar-refractivity contribution in [3.63, 3.8) is 0 Å². The maximum absolute atomic E-state index is 12.3. The summed E-state index contributed by atoms with van der Waals surface area (Å²) in [6.45, 7) is -6.03. The van der Waals surface area contributed by atoms with Crippen molar-refractivity contribution in [3.8, 4) is 0 Å². The molecule has 0 aromatic heterocycles. The molecule has 4 unspecified atom stereocenters. The van der Waals surface area contributed by atoms with E-state index in [0.29, 0.717) is 0 Å². The monoisotopic (exact) mass is 500 g/mol. The Hall–Kier alpha value is -0.753. The summed E-state index contributed by atoms with van der Waals surface area (Å²) in [5.74, 6) is -2.75. The fraction of sp³-hybridized carbons (Fsp3) is 0.900. The second-order valence-corrected chi connectivity index (χ2v) is 10.5. The van der Waals surface area contributed by atoms with Gasteiger partial charge in [0.15, 0.2) is 1.41 Å². The third-order valence-electron chi connectivity index (χ3n) is 3.93. The van der Waals surface area contributed by atoms with Gasteiger partial charge in [-0.2, -0.15) is 0 Å². The molecule has 31 heavy (non-hydrogen) atoms. The predicted molar refractivity (Wildman–Crippen MR) is 117 cm³/mol. The molecule has 0 radical (unpaired) electrons. The number of nitrogens with zero attached hydrogens (tertiary/aromatic N) is 1. The molecule has 0 aromatic rings. The molecule has 4 atom stereocenters. The van der Waals surface area contributed by atoms with Gasteiger partial charge in [-0.25, -0.2) is 4.79 Å². The van der Waals surface area contributed by atoms with Crippen molar-refractivity contribution >= 4 is 20.7 Å². The van der Waals surface area contributed by atoms with Crippen LogP contribution in [0.25, 0.3) is 0 Å². The van der Waals surface area contributed by atoms with Gasteiger partial charge in [0, 0.05) is 52.5 Å². The van der Waals surface area contributed by atoms with E-state index in [9.17, 15) is 9.59 Å². The van der Waals surface area contributed by atoms with E-state index in [1.165, 1.54) is 0 Å². The van der Waals surface area contributed by atoms with Crippen LogP contribution in [0.15, 0.2) is 0 Å². The quantitative estimate of drug-likeness (QED) is 0.135. The molecule has 1 amide bonds. The van der Waals surface area contributed by atoms with Gasteiger partial charge in [0.1, 0.15) is 6.04 Å². The molecule has 1 rings (SSSR count). The number of carbonyl (C=O) groups is 2. The van der Waals surface area contributed by atoms with Crippen molar-refractivity contribution in [2.75, 3.05) is 49.0 Å². The number of nitrogens with one attached hydrogen (secondary N) is 1. The zero-order chi connectivity index (χ0) is 34.5. The highest BCUT2D eigenvalue weighted by atomic mass is 35.5. The molecular weight excluding hydrogens is 445 g/mol. The lowest BCUT2D eigenvalue weighted by atomic mass is 10.1. The molecule has 0 saturated carbocycles. The fourth-order valence-corrected chi connectivity index (χ4v) is 4.02. The van der Waals surface area contributed by atoms with Crippen molar-refractivity contribution < 1.29 is 66.1 Å². The van der Waals surface area contributed by atoms with Crippen LogP contribution in [-0.2, 0) is 27.6 Å². The summed E-state index contributed by atoms with van der Waals surface area (Å²) in [5, 5.41) is 3.85. The van der Waals surface area contributed by atoms with E-state index in [-0.39, 0.29) is 17.7 Å². The number of halogens is 1. The third kappa shape index (κ3) is 14.8. The number of hydrogen-bond acceptors (Lipinski definition) is 7. The van der Waals surface area contributed by atoms with Crippen molar-refractivity contribution in [3.05, 3.63) is 0 Å². The summed E-state index contributed by atoms with van der Waals surface area (Å²) in [6.07, 6.45) is -13.3. The van der Waals surface area contributed by atoms with Crippen molar-refractivity contribution in [1.82, 2.24) is 5.31 Å². The molecule has 1 fully saturated rings. The summed E-state index contributed by atoms with van der Waals surface area (Å²) < 4.78 is 119. The minimum absolute atomic E-state index is 0. The van der Waals surface area contributed by atoms with E-state index in [1.807, 2.05) is 0 Å². The normalized spacial score (nSPS) is 30.3. The summed E-state index contributed by atoms with van der Waals surface area (Å²) in [5.41, 5.74) is 0. The Morgan fingerprint density at radius 3 is 2.48 bits per heavy atom. The summed E-state index contributed by atoms with van der Waals surface area (Å²) in [4.78, 5) is 23.8. The second kappa shape index (κ2) is 16.0. The first-order valence-electron chi connectivity index (χ1n) is 15.6. The van der Waals surface area contributed by atoms with E-state index < -0.39 is 78.2 Å².